The van der Waals surface area contributed by atoms with E-state index >= 15 is 0 Å². The lowest BCUT2D eigenvalue weighted by Gasteiger charge is -2.25. The van der Waals surface area contributed by atoms with Crippen LogP contribution in [0.3, 0.4) is 0 Å². The Hall–Kier alpha value is -1.59. The van der Waals surface area contributed by atoms with Crippen molar-refractivity contribution in [2.75, 3.05) is 32.8 Å². The van der Waals surface area contributed by atoms with E-state index in [4.69, 9.17) is 5.11 Å². The third kappa shape index (κ3) is 6.13. The number of hydrogen-bond donors (Lipinski definition) is 3. The molecule has 0 spiro atoms. The molecule has 1 aliphatic heterocycles. The number of rotatable bonds is 8. The molecule has 5 nitrogen and oxygen atoms in total. The third-order valence-electron chi connectivity index (χ3n) is 4.45. The molecule has 2 rings (SSSR count). The van der Waals surface area contributed by atoms with Gasteiger partial charge in [-0.25, -0.2) is 0 Å². The molecule has 0 amide bonds. The van der Waals surface area contributed by atoms with Gasteiger partial charge in [0, 0.05) is 38.8 Å². The van der Waals surface area contributed by atoms with E-state index < -0.39 is 0 Å². The van der Waals surface area contributed by atoms with Gasteiger partial charge in [0.25, 0.3) is 0 Å². The van der Waals surface area contributed by atoms with E-state index in [2.05, 4.69) is 57.8 Å². The van der Waals surface area contributed by atoms with E-state index in [0.717, 1.165) is 32.1 Å². The highest BCUT2D eigenvalue weighted by atomic mass is 16.3. The highest BCUT2D eigenvalue weighted by Crippen LogP contribution is 2.19. The van der Waals surface area contributed by atoms with Crippen LogP contribution in [0.2, 0.25) is 0 Å². The van der Waals surface area contributed by atoms with Crippen molar-refractivity contribution >= 4 is 5.96 Å². The molecule has 0 aliphatic carbocycles. The number of benzene rings is 1. The summed E-state index contributed by atoms with van der Waals surface area (Å²) in [5, 5.41) is 15.9. The molecule has 134 valence electrons. The fourth-order valence-corrected chi connectivity index (χ4v) is 3.01. The molecule has 1 heterocycles. The highest BCUT2D eigenvalue weighted by Gasteiger charge is 2.24. The minimum Gasteiger partial charge on any atom is -0.396 e. The molecule has 24 heavy (non-hydrogen) atoms. The van der Waals surface area contributed by atoms with Crippen LogP contribution in [0.25, 0.3) is 0 Å². The van der Waals surface area contributed by atoms with Gasteiger partial charge < -0.3 is 15.7 Å². The monoisotopic (exact) mass is 332 g/mol. The molecular formula is C19H32N4O. The molecule has 0 radical (unpaired) electrons. The average molecular weight is 332 g/mol. The second-order valence-electron chi connectivity index (χ2n) is 6.64. The van der Waals surface area contributed by atoms with Crippen molar-refractivity contribution in [1.29, 1.82) is 0 Å². The van der Waals surface area contributed by atoms with Crippen molar-refractivity contribution < 1.29 is 5.11 Å². The maximum atomic E-state index is 9.14. The van der Waals surface area contributed by atoms with Crippen molar-refractivity contribution in [1.82, 2.24) is 15.5 Å². The van der Waals surface area contributed by atoms with E-state index in [0.29, 0.717) is 12.6 Å². The summed E-state index contributed by atoms with van der Waals surface area (Å²) in [5.74, 6) is 1.05. The molecule has 3 N–H and O–H groups in total. The van der Waals surface area contributed by atoms with E-state index in [1.54, 1.807) is 0 Å². The molecule has 0 saturated carbocycles. The van der Waals surface area contributed by atoms with Gasteiger partial charge in [-0.05, 0) is 37.8 Å². The van der Waals surface area contributed by atoms with Crippen LogP contribution in [0.15, 0.2) is 35.3 Å². The molecule has 1 aromatic carbocycles. The zero-order chi connectivity index (χ0) is 17.2. The normalized spacial score (nSPS) is 20.1. The van der Waals surface area contributed by atoms with E-state index in [1.165, 1.54) is 18.4 Å². The molecule has 1 saturated heterocycles. The zero-order valence-corrected chi connectivity index (χ0v) is 15.0. The zero-order valence-electron chi connectivity index (χ0n) is 15.0. The Morgan fingerprint density at radius 3 is 2.83 bits per heavy atom. The molecule has 1 aromatic rings. The third-order valence-corrected chi connectivity index (χ3v) is 4.45. The number of nitrogens with zero attached hydrogens (tertiary/aromatic N) is 2. The molecule has 0 bridgehead atoms. The summed E-state index contributed by atoms with van der Waals surface area (Å²) < 4.78 is 0. The van der Waals surface area contributed by atoms with Crippen molar-refractivity contribution in [3.05, 3.63) is 35.9 Å². The van der Waals surface area contributed by atoms with Gasteiger partial charge in [0.2, 0.25) is 0 Å². The van der Waals surface area contributed by atoms with Crippen LogP contribution in [-0.4, -0.2) is 54.8 Å². The van der Waals surface area contributed by atoms with Gasteiger partial charge >= 0.3 is 0 Å². The number of aliphatic hydroxyl groups is 1. The fourth-order valence-electron chi connectivity index (χ4n) is 3.01. The molecule has 1 aliphatic rings. The van der Waals surface area contributed by atoms with Crippen LogP contribution >= 0.6 is 0 Å². The Morgan fingerprint density at radius 2 is 2.12 bits per heavy atom. The predicted octanol–water partition coefficient (Wildman–Crippen LogP) is 1.83. The summed E-state index contributed by atoms with van der Waals surface area (Å²) in [5.41, 5.74) is 1.38. The lowest BCUT2D eigenvalue weighted by Crippen LogP contribution is -2.44. The minimum absolute atomic E-state index is 0.177. The SMILES string of the molecule is CCNC(=NCC(C)CO)NCC1CCCN1Cc1ccccc1. The molecule has 5 heteroatoms. The number of likely N-dealkylation sites (tertiary alicyclic amines) is 1. The van der Waals surface area contributed by atoms with Gasteiger partial charge in [-0.15, -0.1) is 0 Å². The van der Waals surface area contributed by atoms with Gasteiger partial charge in [-0.3, -0.25) is 9.89 Å². The summed E-state index contributed by atoms with van der Waals surface area (Å²) in [6, 6.07) is 11.2. The minimum atomic E-state index is 0.177. The van der Waals surface area contributed by atoms with Gasteiger partial charge in [0.05, 0.1) is 0 Å². The Bertz CT molecular complexity index is 491. The number of hydrogen-bond acceptors (Lipinski definition) is 3. The number of aliphatic hydroxyl groups excluding tert-OH is 1. The van der Waals surface area contributed by atoms with Crippen molar-refractivity contribution in [3.8, 4) is 0 Å². The second kappa shape index (κ2) is 10.3. The van der Waals surface area contributed by atoms with Crippen molar-refractivity contribution in [2.45, 2.75) is 39.3 Å². The van der Waals surface area contributed by atoms with Crippen LogP contribution in [0.5, 0.6) is 0 Å². The number of nitrogens with one attached hydrogen (secondary N) is 2. The standard InChI is InChI=1S/C19H32N4O/c1-3-20-19(21-12-16(2)15-24)22-13-18-10-7-11-23(18)14-17-8-5-4-6-9-17/h4-6,8-9,16,18,24H,3,7,10-15H2,1-2H3,(H2,20,21,22). The van der Waals surface area contributed by atoms with E-state index in [1.807, 2.05) is 6.92 Å². The first-order chi connectivity index (χ1) is 11.7. The van der Waals surface area contributed by atoms with Crippen LogP contribution in [0.4, 0.5) is 0 Å². The summed E-state index contributed by atoms with van der Waals surface area (Å²) in [4.78, 5) is 7.13. The largest absolute Gasteiger partial charge is 0.396 e. The van der Waals surface area contributed by atoms with Crippen LogP contribution < -0.4 is 10.6 Å². The smallest absolute Gasteiger partial charge is 0.191 e. The first-order valence-electron chi connectivity index (χ1n) is 9.14. The lowest BCUT2D eigenvalue weighted by molar-refractivity contribution is 0.240. The second-order valence-corrected chi connectivity index (χ2v) is 6.64. The summed E-state index contributed by atoms with van der Waals surface area (Å²) in [6.07, 6.45) is 2.49. The lowest BCUT2D eigenvalue weighted by atomic mass is 10.2. The van der Waals surface area contributed by atoms with Gasteiger partial charge in [-0.2, -0.15) is 0 Å². The van der Waals surface area contributed by atoms with E-state index in [9.17, 15) is 0 Å². The molecule has 2 unspecified atom stereocenters. The average Bonchev–Trinajstić information content (AvgIpc) is 3.05. The molecule has 0 aromatic heterocycles. The van der Waals surface area contributed by atoms with Crippen LogP contribution in [0, 0.1) is 5.92 Å². The predicted molar refractivity (Wildman–Crippen MR) is 100 cm³/mol. The topological polar surface area (TPSA) is 59.9 Å². The maximum absolute atomic E-state index is 9.14. The van der Waals surface area contributed by atoms with Crippen molar-refractivity contribution in [2.24, 2.45) is 10.9 Å². The summed E-state index contributed by atoms with van der Waals surface area (Å²) >= 11 is 0. The Morgan fingerprint density at radius 1 is 1.33 bits per heavy atom. The van der Waals surface area contributed by atoms with Crippen LogP contribution in [0.1, 0.15) is 32.3 Å². The fraction of sp³-hybridized carbons (Fsp3) is 0.632. The van der Waals surface area contributed by atoms with Gasteiger partial charge in [0.15, 0.2) is 5.96 Å². The van der Waals surface area contributed by atoms with Gasteiger partial charge in [0.1, 0.15) is 0 Å². The molecule has 1 fully saturated rings. The van der Waals surface area contributed by atoms with Gasteiger partial charge in [-0.1, -0.05) is 37.3 Å². The Balaban J connectivity index is 1.85. The number of aliphatic imine (C=N–C) groups is 1. The quantitative estimate of drug-likeness (QED) is 0.502. The van der Waals surface area contributed by atoms with E-state index in [-0.39, 0.29) is 12.5 Å². The Labute approximate surface area is 146 Å². The molecule has 2 atom stereocenters. The number of guanidine groups is 1. The Kier molecular flexibility index (Phi) is 8.05. The highest BCUT2D eigenvalue weighted by molar-refractivity contribution is 5.79. The van der Waals surface area contributed by atoms with Crippen LogP contribution in [-0.2, 0) is 6.54 Å². The summed E-state index contributed by atoms with van der Waals surface area (Å²) in [6.45, 7) is 8.83. The molecular weight excluding hydrogens is 300 g/mol. The maximum Gasteiger partial charge on any atom is 0.191 e. The van der Waals surface area contributed by atoms with Crippen molar-refractivity contribution in [3.63, 3.8) is 0 Å². The summed E-state index contributed by atoms with van der Waals surface area (Å²) in [7, 11) is 0. The first kappa shape index (κ1) is 18.7. The first-order valence-corrected chi connectivity index (χ1v) is 9.14.